The fourth-order valence-corrected chi connectivity index (χ4v) is 0.942. The zero-order valence-electron chi connectivity index (χ0n) is 8.64. The number of methoxy groups -OCH3 is 1. The van der Waals surface area contributed by atoms with Crippen LogP contribution in [0.4, 0.5) is 0 Å². The molecule has 84 valence electrons. The van der Waals surface area contributed by atoms with E-state index in [1.807, 2.05) is 5.43 Å². The van der Waals surface area contributed by atoms with Crippen LogP contribution in [-0.2, 0) is 9.59 Å². The number of nitrogens with one attached hydrogen (secondary N) is 1. The van der Waals surface area contributed by atoms with E-state index in [0.29, 0.717) is 5.75 Å². The largest absolute Gasteiger partial charge is 0.497 e. The molecule has 0 heterocycles. The minimum atomic E-state index is -1.08. The molecule has 0 aliphatic heterocycles. The summed E-state index contributed by atoms with van der Waals surface area (Å²) in [4.78, 5) is 21.1. The summed E-state index contributed by atoms with van der Waals surface area (Å²) in [5, 5.41) is 3.56. The fraction of sp³-hybridized carbons (Fsp3) is 0.100. The van der Waals surface area contributed by atoms with Crippen molar-refractivity contribution in [2.75, 3.05) is 7.11 Å². The van der Waals surface area contributed by atoms with E-state index in [1.165, 1.54) is 6.21 Å². The molecule has 0 radical (unpaired) electrons. The van der Waals surface area contributed by atoms with Crippen molar-refractivity contribution in [1.29, 1.82) is 0 Å². The Balaban J connectivity index is 2.62. The van der Waals surface area contributed by atoms with Gasteiger partial charge in [0.05, 0.1) is 13.3 Å². The van der Waals surface area contributed by atoms with Gasteiger partial charge in [-0.2, -0.15) is 5.10 Å². The number of hydrogen-bond donors (Lipinski definition) is 2. The maximum Gasteiger partial charge on any atom is 0.329 e. The Kier molecular flexibility index (Phi) is 4.02. The Labute approximate surface area is 92.1 Å². The van der Waals surface area contributed by atoms with Gasteiger partial charge in [0.25, 0.3) is 0 Å². The Bertz CT molecular complexity index is 429. The maximum absolute atomic E-state index is 10.7. The van der Waals surface area contributed by atoms with E-state index < -0.39 is 11.8 Å². The maximum atomic E-state index is 10.7. The fourth-order valence-electron chi connectivity index (χ4n) is 0.942. The van der Waals surface area contributed by atoms with Crippen LogP contribution in [0.2, 0.25) is 0 Å². The molecule has 1 aromatic rings. The van der Waals surface area contributed by atoms with Crippen molar-refractivity contribution in [1.82, 2.24) is 5.43 Å². The van der Waals surface area contributed by atoms with Gasteiger partial charge in [0.15, 0.2) is 0 Å². The third-order valence-electron chi connectivity index (χ3n) is 1.70. The monoisotopic (exact) mass is 221 g/mol. The van der Waals surface area contributed by atoms with Crippen molar-refractivity contribution in [3.05, 3.63) is 29.8 Å². The van der Waals surface area contributed by atoms with Crippen LogP contribution in [0.5, 0.6) is 5.75 Å². The van der Waals surface area contributed by atoms with Crippen LogP contribution in [0.1, 0.15) is 5.56 Å². The molecular formula is C10H11N3O3. The van der Waals surface area contributed by atoms with Gasteiger partial charge in [-0.1, -0.05) is 12.1 Å². The van der Waals surface area contributed by atoms with E-state index in [1.54, 1.807) is 31.4 Å². The zero-order valence-corrected chi connectivity index (χ0v) is 8.64. The number of amides is 2. The highest BCUT2D eigenvalue weighted by Gasteiger charge is 2.05. The number of carbonyl (C=O) groups is 2. The number of primary amides is 1. The Morgan fingerprint density at radius 2 is 2.25 bits per heavy atom. The summed E-state index contributed by atoms with van der Waals surface area (Å²) in [7, 11) is 1.55. The summed E-state index contributed by atoms with van der Waals surface area (Å²) in [6.45, 7) is 0. The molecule has 1 rings (SSSR count). The van der Waals surface area contributed by atoms with Gasteiger partial charge in [-0.15, -0.1) is 0 Å². The van der Waals surface area contributed by atoms with Gasteiger partial charge in [0.2, 0.25) is 0 Å². The van der Waals surface area contributed by atoms with Crippen LogP contribution in [-0.4, -0.2) is 25.1 Å². The first kappa shape index (κ1) is 11.7. The number of nitrogens with zero attached hydrogens (tertiary/aromatic N) is 1. The van der Waals surface area contributed by atoms with E-state index in [4.69, 9.17) is 10.5 Å². The molecule has 0 unspecified atom stereocenters. The number of hydrogen-bond acceptors (Lipinski definition) is 4. The van der Waals surface area contributed by atoms with Crippen molar-refractivity contribution in [3.8, 4) is 5.75 Å². The minimum Gasteiger partial charge on any atom is -0.497 e. The predicted molar refractivity (Wildman–Crippen MR) is 57.9 cm³/mol. The van der Waals surface area contributed by atoms with Crippen LogP contribution in [0.15, 0.2) is 29.4 Å². The third-order valence-corrected chi connectivity index (χ3v) is 1.70. The van der Waals surface area contributed by atoms with Crippen molar-refractivity contribution >= 4 is 18.0 Å². The second kappa shape index (κ2) is 5.50. The zero-order chi connectivity index (χ0) is 12.0. The summed E-state index contributed by atoms with van der Waals surface area (Å²) >= 11 is 0. The number of hydrazone groups is 1. The van der Waals surface area contributed by atoms with Crippen molar-refractivity contribution in [2.24, 2.45) is 10.8 Å². The van der Waals surface area contributed by atoms with E-state index in [0.717, 1.165) is 5.56 Å². The molecule has 0 aliphatic rings. The van der Waals surface area contributed by atoms with Crippen LogP contribution in [0, 0.1) is 0 Å². The second-order valence-electron chi connectivity index (χ2n) is 2.84. The Morgan fingerprint density at radius 3 is 2.88 bits per heavy atom. The highest BCUT2D eigenvalue weighted by molar-refractivity contribution is 6.34. The lowest BCUT2D eigenvalue weighted by molar-refractivity contribution is -0.137. The minimum absolute atomic E-state index is 0.671. The average molecular weight is 221 g/mol. The average Bonchev–Trinajstić information content (AvgIpc) is 2.29. The molecule has 6 heteroatoms. The molecule has 0 bridgehead atoms. The number of rotatable bonds is 3. The van der Waals surface area contributed by atoms with Gasteiger partial charge >= 0.3 is 11.8 Å². The SMILES string of the molecule is COc1cccc(/C=N\NC(=O)C(N)=O)c1. The van der Waals surface area contributed by atoms with Crippen LogP contribution in [0.25, 0.3) is 0 Å². The van der Waals surface area contributed by atoms with E-state index >= 15 is 0 Å². The third kappa shape index (κ3) is 3.41. The summed E-state index contributed by atoms with van der Waals surface area (Å²) in [5.74, 6) is -1.37. The van der Waals surface area contributed by atoms with Gasteiger partial charge in [-0.05, 0) is 17.7 Å². The number of carbonyl (C=O) groups excluding carboxylic acids is 2. The van der Waals surface area contributed by atoms with E-state index in [-0.39, 0.29) is 0 Å². The van der Waals surface area contributed by atoms with Crippen molar-refractivity contribution in [3.63, 3.8) is 0 Å². The molecule has 2 amide bonds. The highest BCUT2D eigenvalue weighted by Crippen LogP contribution is 2.10. The summed E-state index contributed by atoms with van der Waals surface area (Å²) in [5.41, 5.74) is 7.43. The lowest BCUT2D eigenvalue weighted by atomic mass is 10.2. The number of nitrogens with two attached hydrogens (primary N) is 1. The first-order valence-corrected chi connectivity index (χ1v) is 4.40. The molecule has 0 atom stereocenters. The van der Waals surface area contributed by atoms with Crippen LogP contribution in [0.3, 0.4) is 0 Å². The van der Waals surface area contributed by atoms with E-state index in [2.05, 4.69) is 5.10 Å². The number of benzene rings is 1. The predicted octanol–water partition coefficient (Wildman–Crippen LogP) is -0.369. The Hall–Kier alpha value is -2.37. The van der Waals surface area contributed by atoms with Gasteiger partial charge in [0.1, 0.15) is 5.75 Å². The van der Waals surface area contributed by atoms with Gasteiger partial charge in [-0.3, -0.25) is 9.59 Å². The summed E-state index contributed by atoms with van der Waals surface area (Å²) in [6, 6.07) is 7.04. The normalized spacial score (nSPS) is 10.1. The van der Waals surface area contributed by atoms with Crippen molar-refractivity contribution in [2.45, 2.75) is 0 Å². The molecule has 0 aliphatic carbocycles. The molecule has 0 fully saturated rings. The highest BCUT2D eigenvalue weighted by atomic mass is 16.5. The van der Waals surface area contributed by atoms with E-state index in [9.17, 15) is 9.59 Å². The molecule has 1 aromatic carbocycles. The molecule has 0 aromatic heterocycles. The molecule has 0 saturated carbocycles. The molecule has 3 N–H and O–H groups in total. The van der Waals surface area contributed by atoms with Gasteiger partial charge in [-0.25, -0.2) is 5.43 Å². The lowest BCUT2D eigenvalue weighted by Gasteiger charge is -1.99. The lowest BCUT2D eigenvalue weighted by Crippen LogP contribution is -2.32. The quantitative estimate of drug-likeness (QED) is 0.414. The molecular weight excluding hydrogens is 210 g/mol. The van der Waals surface area contributed by atoms with Crippen LogP contribution < -0.4 is 15.9 Å². The van der Waals surface area contributed by atoms with Gasteiger partial charge in [0, 0.05) is 0 Å². The summed E-state index contributed by atoms with van der Waals surface area (Å²) < 4.78 is 5.00. The molecule has 0 saturated heterocycles. The van der Waals surface area contributed by atoms with Gasteiger partial charge < -0.3 is 10.5 Å². The second-order valence-corrected chi connectivity index (χ2v) is 2.84. The standard InChI is InChI=1S/C10H11N3O3/c1-16-8-4-2-3-7(5-8)6-12-13-10(15)9(11)14/h2-6H,1H3,(H2,11,14)(H,13,15)/b12-6-. The topological polar surface area (TPSA) is 93.8 Å². The first-order chi connectivity index (χ1) is 7.63. The molecule has 0 spiro atoms. The molecule has 6 nitrogen and oxygen atoms in total. The Morgan fingerprint density at radius 1 is 1.50 bits per heavy atom. The number of ether oxygens (including phenoxy) is 1. The molecule has 16 heavy (non-hydrogen) atoms. The van der Waals surface area contributed by atoms with Crippen LogP contribution >= 0.6 is 0 Å². The first-order valence-electron chi connectivity index (χ1n) is 4.40. The van der Waals surface area contributed by atoms with Crippen molar-refractivity contribution < 1.29 is 14.3 Å². The smallest absolute Gasteiger partial charge is 0.329 e. The summed E-state index contributed by atoms with van der Waals surface area (Å²) in [6.07, 6.45) is 1.38.